The molecule has 0 unspecified atom stereocenters. The van der Waals surface area contributed by atoms with Crippen LogP contribution in [0, 0.1) is 5.82 Å². The van der Waals surface area contributed by atoms with Crippen molar-refractivity contribution in [3.63, 3.8) is 0 Å². The van der Waals surface area contributed by atoms with Gasteiger partial charge in [-0.3, -0.25) is 4.99 Å². The lowest BCUT2D eigenvalue weighted by Crippen LogP contribution is -2.37. The summed E-state index contributed by atoms with van der Waals surface area (Å²) in [6, 6.07) is 4.09. The highest BCUT2D eigenvalue weighted by Crippen LogP contribution is 2.34. The first-order valence-corrected chi connectivity index (χ1v) is 13.2. The maximum atomic E-state index is 15.2. The topological polar surface area (TPSA) is 126 Å². The van der Waals surface area contributed by atoms with Gasteiger partial charge in [0.25, 0.3) is 0 Å². The Hall–Kier alpha value is -2.98. The SMILES string of the molecule is CCCCN(CCO)c1nc(N)nc(C=NCc2c(F)cc(C3CCN(C(C)C)CC3)cc2OC)c1N. The quantitative estimate of drug-likeness (QED) is 0.366. The number of ether oxygens (including phenoxy) is 1. The number of likely N-dealkylation sites (tertiary alicyclic amines) is 1. The number of hydrogen-bond donors (Lipinski definition) is 3. The van der Waals surface area contributed by atoms with Crippen LogP contribution in [-0.4, -0.2) is 72.1 Å². The molecule has 2 heterocycles. The van der Waals surface area contributed by atoms with Crippen molar-refractivity contribution >= 4 is 23.7 Å². The second-order valence-electron chi connectivity index (χ2n) is 9.83. The second-order valence-corrected chi connectivity index (χ2v) is 9.83. The standard InChI is InChI=1S/C27H42FN7O2/c1-5-6-9-35(12-13-36)26-25(29)23(32-27(30)33-26)17-31-16-21-22(28)14-20(15-24(21)37-4)19-7-10-34(11-8-19)18(2)3/h14-15,17-19,36H,5-13,16,29H2,1-4H3,(H2,30,32,33). The highest BCUT2D eigenvalue weighted by atomic mass is 19.1. The average molecular weight is 516 g/mol. The second kappa shape index (κ2) is 13.5. The average Bonchev–Trinajstić information content (AvgIpc) is 2.89. The first-order chi connectivity index (χ1) is 17.8. The minimum atomic E-state index is -0.331. The highest BCUT2D eigenvalue weighted by Gasteiger charge is 2.24. The molecule has 204 valence electrons. The van der Waals surface area contributed by atoms with E-state index in [1.807, 2.05) is 11.0 Å². The number of nitrogens with zero attached hydrogens (tertiary/aromatic N) is 5. The Kier molecular flexibility index (Phi) is 10.5. The van der Waals surface area contributed by atoms with Crippen LogP contribution in [0.25, 0.3) is 0 Å². The van der Waals surface area contributed by atoms with Crippen LogP contribution in [0.5, 0.6) is 5.75 Å². The molecule has 1 fully saturated rings. The molecule has 1 aromatic heterocycles. The summed E-state index contributed by atoms with van der Waals surface area (Å²) < 4.78 is 20.8. The van der Waals surface area contributed by atoms with Gasteiger partial charge in [0.1, 0.15) is 22.9 Å². The van der Waals surface area contributed by atoms with E-state index in [0.717, 1.165) is 44.3 Å². The van der Waals surface area contributed by atoms with Gasteiger partial charge in [0.2, 0.25) is 5.95 Å². The van der Waals surface area contributed by atoms with Crippen LogP contribution < -0.4 is 21.1 Å². The molecular weight excluding hydrogens is 473 g/mol. The molecule has 3 rings (SSSR count). The van der Waals surface area contributed by atoms with Crippen LogP contribution in [-0.2, 0) is 6.54 Å². The molecule has 1 aliphatic rings. The number of hydrogen-bond acceptors (Lipinski definition) is 9. The number of methoxy groups -OCH3 is 1. The number of piperidine rings is 1. The van der Waals surface area contributed by atoms with E-state index in [0.29, 0.717) is 53.6 Å². The van der Waals surface area contributed by atoms with E-state index >= 15 is 4.39 Å². The molecule has 0 saturated carbocycles. The summed E-state index contributed by atoms with van der Waals surface area (Å²) in [5.41, 5.74) is 14.3. The van der Waals surface area contributed by atoms with Crippen LogP contribution >= 0.6 is 0 Å². The fraction of sp³-hybridized carbons (Fsp3) is 0.593. The van der Waals surface area contributed by atoms with Crippen LogP contribution in [0.15, 0.2) is 17.1 Å². The Morgan fingerprint density at radius 1 is 1.24 bits per heavy atom. The smallest absolute Gasteiger partial charge is 0.222 e. The van der Waals surface area contributed by atoms with Gasteiger partial charge in [-0.2, -0.15) is 4.98 Å². The van der Waals surface area contributed by atoms with Gasteiger partial charge in [-0.15, -0.1) is 0 Å². The first kappa shape index (κ1) is 28.6. The molecule has 9 nitrogen and oxygen atoms in total. The summed E-state index contributed by atoms with van der Waals surface area (Å²) in [5.74, 6) is 0.993. The summed E-state index contributed by atoms with van der Waals surface area (Å²) in [6.07, 6.45) is 5.39. The summed E-state index contributed by atoms with van der Waals surface area (Å²) in [4.78, 5) is 17.3. The fourth-order valence-electron chi connectivity index (χ4n) is 4.80. The lowest BCUT2D eigenvalue weighted by atomic mass is 9.88. The lowest BCUT2D eigenvalue weighted by molar-refractivity contribution is 0.171. The number of nitrogen functional groups attached to an aromatic ring is 2. The third-order valence-corrected chi connectivity index (χ3v) is 7.01. The summed E-state index contributed by atoms with van der Waals surface area (Å²) in [6.45, 7) is 9.61. The van der Waals surface area contributed by atoms with E-state index in [1.54, 1.807) is 13.2 Å². The molecule has 0 atom stereocenters. The molecule has 1 saturated heterocycles. The molecule has 5 N–H and O–H groups in total. The molecule has 0 aliphatic carbocycles. The normalized spacial score (nSPS) is 15.1. The van der Waals surface area contributed by atoms with E-state index in [4.69, 9.17) is 16.2 Å². The minimum absolute atomic E-state index is 0.0393. The Balaban J connectivity index is 1.79. The van der Waals surface area contributed by atoms with Gasteiger partial charge in [0, 0.05) is 25.3 Å². The summed E-state index contributed by atoms with van der Waals surface area (Å²) >= 11 is 0. The number of benzene rings is 1. The van der Waals surface area contributed by atoms with Crippen molar-refractivity contribution in [3.8, 4) is 5.75 Å². The van der Waals surface area contributed by atoms with E-state index in [9.17, 15) is 5.11 Å². The zero-order chi connectivity index (χ0) is 26.9. The minimum Gasteiger partial charge on any atom is -0.496 e. The van der Waals surface area contributed by atoms with Crippen LogP contribution in [0.3, 0.4) is 0 Å². The maximum absolute atomic E-state index is 15.2. The molecule has 0 amide bonds. The van der Waals surface area contributed by atoms with Crippen molar-refractivity contribution in [2.45, 2.75) is 65.0 Å². The molecule has 0 spiro atoms. The molecular formula is C27H42FN7O2. The molecule has 1 aromatic carbocycles. The Morgan fingerprint density at radius 2 is 1.97 bits per heavy atom. The number of aromatic nitrogens is 2. The number of anilines is 3. The Bertz CT molecular complexity index is 1060. The van der Waals surface area contributed by atoms with E-state index < -0.39 is 0 Å². The van der Waals surface area contributed by atoms with Crippen molar-refractivity contribution in [2.24, 2.45) is 4.99 Å². The monoisotopic (exact) mass is 515 g/mol. The number of rotatable bonds is 12. The molecule has 2 aromatic rings. The van der Waals surface area contributed by atoms with Crippen molar-refractivity contribution in [2.75, 3.05) is 56.3 Å². The molecule has 1 aliphatic heterocycles. The Morgan fingerprint density at radius 3 is 2.59 bits per heavy atom. The van der Waals surface area contributed by atoms with Crippen LogP contribution in [0.1, 0.15) is 69.2 Å². The third-order valence-electron chi connectivity index (χ3n) is 7.01. The van der Waals surface area contributed by atoms with Crippen molar-refractivity contribution in [1.29, 1.82) is 0 Å². The zero-order valence-corrected chi connectivity index (χ0v) is 22.6. The third kappa shape index (κ3) is 7.29. The van der Waals surface area contributed by atoms with E-state index in [-0.39, 0.29) is 24.9 Å². The zero-order valence-electron chi connectivity index (χ0n) is 22.6. The molecule has 10 heteroatoms. The van der Waals surface area contributed by atoms with Gasteiger partial charge in [-0.25, -0.2) is 9.37 Å². The van der Waals surface area contributed by atoms with Gasteiger partial charge in [-0.1, -0.05) is 13.3 Å². The number of nitrogens with two attached hydrogens (primary N) is 2. The fourth-order valence-corrected chi connectivity index (χ4v) is 4.80. The lowest BCUT2D eigenvalue weighted by Gasteiger charge is -2.35. The van der Waals surface area contributed by atoms with Gasteiger partial charge in [0.05, 0.1) is 25.8 Å². The van der Waals surface area contributed by atoms with Gasteiger partial charge < -0.3 is 31.1 Å². The van der Waals surface area contributed by atoms with Crippen molar-refractivity contribution < 1.29 is 14.2 Å². The number of aliphatic imine (C=N–C) groups is 1. The van der Waals surface area contributed by atoms with E-state index in [1.165, 1.54) is 6.21 Å². The first-order valence-electron chi connectivity index (χ1n) is 13.2. The molecule has 37 heavy (non-hydrogen) atoms. The van der Waals surface area contributed by atoms with E-state index in [2.05, 4.69) is 40.6 Å². The predicted octanol–water partition coefficient (Wildman–Crippen LogP) is 3.59. The number of aliphatic hydroxyl groups excluding tert-OH is 1. The van der Waals surface area contributed by atoms with Crippen molar-refractivity contribution in [1.82, 2.24) is 14.9 Å². The summed E-state index contributed by atoms with van der Waals surface area (Å²) in [5, 5.41) is 9.47. The molecule has 0 radical (unpaired) electrons. The van der Waals surface area contributed by atoms with Gasteiger partial charge in [0.15, 0.2) is 5.82 Å². The number of unbranched alkanes of at least 4 members (excludes halogenated alkanes) is 1. The Labute approximate surface area is 219 Å². The largest absolute Gasteiger partial charge is 0.496 e. The predicted molar refractivity (Wildman–Crippen MR) is 148 cm³/mol. The summed E-state index contributed by atoms with van der Waals surface area (Å²) in [7, 11) is 1.55. The number of halogens is 1. The molecule has 0 bridgehead atoms. The van der Waals surface area contributed by atoms with Crippen molar-refractivity contribution in [3.05, 3.63) is 34.8 Å². The van der Waals surface area contributed by atoms with Gasteiger partial charge >= 0.3 is 0 Å². The van der Waals surface area contributed by atoms with Crippen LogP contribution in [0.4, 0.5) is 21.8 Å². The van der Waals surface area contributed by atoms with Gasteiger partial charge in [-0.05, 0) is 69.8 Å². The number of aliphatic hydroxyl groups is 1. The van der Waals surface area contributed by atoms with Crippen LogP contribution in [0.2, 0.25) is 0 Å². The maximum Gasteiger partial charge on any atom is 0.222 e. The highest BCUT2D eigenvalue weighted by molar-refractivity contribution is 5.89.